The van der Waals surface area contributed by atoms with Crippen LogP contribution in [-0.2, 0) is 27.4 Å². The van der Waals surface area contributed by atoms with Crippen LogP contribution in [0.3, 0.4) is 0 Å². The van der Waals surface area contributed by atoms with Gasteiger partial charge >= 0.3 is 12.1 Å². The highest BCUT2D eigenvalue weighted by molar-refractivity contribution is 7.20. The third-order valence-corrected chi connectivity index (χ3v) is 7.83. The Morgan fingerprint density at radius 1 is 0.929 bits per heavy atom. The predicted molar refractivity (Wildman–Crippen MR) is 163 cm³/mol. The van der Waals surface area contributed by atoms with Gasteiger partial charge in [0.25, 0.3) is 5.91 Å². The molecule has 0 unspecified atom stereocenters. The maximum absolute atomic E-state index is 13.4. The first-order chi connectivity index (χ1) is 20.3. The number of hydrogen-bond donors (Lipinski definition) is 4. The van der Waals surface area contributed by atoms with Gasteiger partial charge in [-0.05, 0) is 66.5 Å². The van der Waals surface area contributed by atoms with Gasteiger partial charge in [0.05, 0.1) is 4.88 Å². The highest BCUT2D eigenvalue weighted by Gasteiger charge is 2.23. The second-order valence-electron chi connectivity index (χ2n) is 9.79. The zero-order valence-electron chi connectivity index (χ0n) is 23.2. The van der Waals surface area contributed by atoms with Gasteiger partial charge in [-0.3, -0.25) is 14.4 Å². The zero-order chi connectivity index (χ0) is 29.9. The van der Waals surface area contributed by atoms with Crippen LogP contribution >= 0.6 is 11.3 Å². The van der Waals surface area contributed by atoms with Gasteiger partial charge in [0.1, 0.15) is 12.6 Å². The van der Waals surface area contributed by atoms with Crippen molar-refractivity contribution in [2.75, 3.05) is 11.9 Å². The summed E-state index contributed by atoms with van der Waals surface area (Å²) in [6.45, 7) is 2.33. The van der Waals surface area contributed by atoms with E-state index in [1.54, 1.807) is 30.3 Å². The van der Waals surface area contributed by atoms with Crippen LogP contribution in [0.2, 0.25) is 0 Å². The maximum Gasteiger partial charge on any atom is 0.407 e. The number of carbonyl (C=O) groups is 4. The van der Waals surface area contributed by atoms with E-state index in [1.807, 2.05) is 55.5 Å². The van der Waals surface area contributed by atoms with Crippen LogP contribution in [0, 0.1) is 6.92 Å². The van der Waals surface area contributed by atoms with Crippen LogP contribution < -0.4 is 16.0 Å². The summed E-state index contributed by atoms with van der Waals surface area (Å²) >= 11 is 1.34. The Balaban J connectivity index is 1.39. The SMILES string of the molecule is Cc1ccccc1COC(=O)NCCC[C@H](NC(=O)c1cc2ccccc2s1)C(=O)Nc1ccccc1CCC(=O)O. The average molecular weight is 588 g/mol. The third-order valence-electron chi connectivity index (χ3n) is 6.71. The molecule has 10 heteroatoms. The van der Waals surface area contributed by atoms with E-state index in [-0.39, 0.29) is 38.3 Å². The number of nitrogens with one attached hydrogen (secondary N) is 3. The lowest BCUT2D eigenvalue weighted by molar-refractivity contribution is -0.137. The minimum Gasteiger partial charge on any atom is -0.481 e. The molecule has 0 spiro atoms. The van der Waals surface area contributed by atoms with E-state index >= 15 is 0 Å². The van der Waals surface area contributed by atoms with E-state index in [4.69, 9.17) is 9.84 Å². The van der Waals surface area contributed by atoms with E-state index in [2.05, 4.69) is 16.0 Å². The van der Waals surface area contributed by atoms with Crippen molar-refractivity contribution in [1.29, 1.82) is 0 Å². The minimum atomic E-state index is -0.936. The summed E-state index contributed by atoms with van der Waals surface area (Å²) in [6, 6.07) is 23.2. The Morgan fingerprint density at radius 2 is 1.64 bits per heavy atom. The van der Waals surface area contributed by atoms with Crippen molar-refractivity contribution in [2.45, 2.75) is 45.3 Å². The number of fused-ring (bicyclic) bond motifs is 1. The summed E-state index contributed by atoms with van der Waals surface area (Å²) in [6.07, 6.45) is 0.243. The molecule has 42 heavy (non-hydrogen) atoms. The molecule has 0 bridgehead atoms. The lowest BCUT2D eigenvalue weighted by atomic mass is 10.1. The summed E-state index contributed by atoms with van der Waals surface area (Å²) in [4.78, 5) is 50.4. The molecule has 9 nitrogen and oxygen atoms in total. The number of rotatable bonds is 13. The first-order valence-electron chi connectivity index (χ1n) is 13.7. The second kappa shape index (κ2) is 14.8. The Kier molecular flexibility index (Phi) is 10.7. The van der Waals surface area contributed by atoms with Crippen LogP contribution in [0.15, 0.2) is 78.9 Å². The van der Waals surface area contributed by atoms with Crippen molar-refractivity contribution in [3.63, 3.8) is 0 Å². The summed E-state index contributed by atoms with van der Waals surface area (Å²) in [5.74, 6) is -1.75. The molecule has 1 aromatic heterocycles. The normalized spacial score (nSPS) is 11.5. The van der Waals surface area contributed by atoms with E-state index in [0.29, 0.717) is 22.5 Å². The number of carbonyl (C=O) groups excluding carboxylic acids is 3. The van der Waals surface area contributed by atoms with Gasteiger partial charge in [-0.25, -0.2) is 4.79 Å². The standard InChI is InChI=1S/C32H33N3O6S/c1-21-9-2-3-12-24(21)20-41-32(40)33-18-8-14-26(35-31(39)28-19-23-11-5-7-15-27(23)42-28)30(38)34-25-13-6-4-10-22(25)16-17-29(36)37/h2-7,9-13,15,19,26H,8,14,16-18,20H2,1H3,(H,33,40)(H,34,38)(H,35,39)(H,36,37)/t26-/m0/s1. The maximum atomic E-state index is 13.4. The summed E-state index contributed by atoms with van der Waals surface area (Å²) in [5, 5.41) is 18.4. The molecule has 0 aliphatic heterocycles. The molecule has 0 aliphatic rings. The van der Waals surface area contributed by atoms with E-state index in [0.717, 1.165) is 21.2 Å². The van der Waals surface area contributed by atoms with Crippen LogP contribution in [0.5, 0.6) is 0 Å². The van der Waals surface area contributed by atoms with Crippen LogP contribution in [0.25, 0.3) is 10.1 Å². The number of thiophene rings is 1. The average Bonchev–Trinajstić information content (AvgIpc) is 3.42. The predicted octanol–water partition coefficient (Wildman–Crippen LogP) is 5.67. The van der Waals surface area contributed by atoms with Gasteiger partial charge in [0.15, 0.2) is 0 Å². The molecule has 3 aromatic carbocycles. The molecule has 0 saturated heterocycles. The fourth-order valence-electron chi connectivity index (χ4n) is 4.38. The zero-order valence-corrected chi connectivity index (χ0v) is 24.0. The number of ether oxygens (including phenoxy) is 1. The van der Waals surface area contributed by atoms with Gasteiger partial charge in [-0.15, -0.1) is 11.3 Å². The van der Waals surface area contributed by atoms with Gasteiger partial charge in [0.2, 0.25) is 5.91 Å². The number of benzene rings is 3. The second-order valence-corrected chi connectivity index (χ2v) is 10.9. The Hall–Kier alpha value is -4.70. The van der Waals surface area contributed by atoms with Crippen molar-refractivity contribution in [2.24, 2.45) is 0 Å². The van der Waals surface area contributed by atoms with E-state index in [9.17, 15) is 19.2 Å². The van der Waals surface area contributed by atoms with E-state index < -0.39 is 24.0 Å². The monoisotopic (exact) mass is 587 g/mol. The molecule has 0 saturated carbocycles. The van der Waals surface area contributed by atoms with Gasteiger partial charge in [-0.2, -0.15) is 0 Å². The van der Waals surface area contributed by atoms with Crippen molar-refractivity contribution < 1.29 is 29.0 Å². The number of aliphatic carboxylic acids is 1. The molecule has 1 heterocycles. The largest absolute Gasteiger partial charge is 0.481 e. The fraction of sp³-hybridized carbons (Fsp3) is 0.250. The number of alkyl carbamates (subject to hydrolysis) is 1. The highest BCUT2D eigenvalue weighted by atomic mass is 32.1. The van der Waals surface area contributed by atoms with Crippen LogP contribution in [0.4, 0.5) is 10.5 Å². The number of anilines is 1. The number of carboxylic acids is 1. The van der Waals surface area contributed by atoms with Crippen molar-refractivity contribution in [3.8, 4) is 0 Å². The quantitative estimate of drug-likeness (QED) is 0.149. The first kappa shape index (κ1) is 30.3. The Bertz CT molecular complexity index is 1530. The molecule has 4 rings (SSSR count). The number of amides is 3. The lowest BCUT2D eigenvalue weighted by Crippen LogP contribution is -2.44. The topological polar surface area (TPSA) is 134 Å². The minimum absolute atomic E-state index is 0.0788. The van der Waals surface area contributed by atoms with Gasteiger partial charge in [-0.1, -0.05) is 60.7 Å². The summed E-state index contributed by atoms with van der Waals surface area (Å²) in [7, 11) is 0. The number of hydrogen-bond acceptors (Lipinski definition) is 6. The molecular formula is C32H33N3O6S. The Labute approximate surface area is 247 Å². The molecule has 4 N–H and O–H groups in total. The first-order valence-corrected chi connectivity index (χ1v) is 14.5. The molecular weight excluding hydrogens is 554 g/mol. The van der Waals surface area contributed by atoms with Crippen LogP contribution in [-0.4, -0.2) is 41.6 Å². The molecule has 3 amide bonds. The molecule has 4 aromatic rings. The Morgan fingerprint density at radius 3 is 2.40 bits per heavy atom. The number of carboxylic acid groups (broad SMARTS) is 1. The number of para-hydroxylation sites is 1. The molecule has 0 aliphatic carbocycles. The smallest absolute Gasteiger partial charge is 0.407 e. The molecule has 0 fully saturated rings. The van der Waals surface area contributed by atoms with Crippen molar-refractivity contribution >= 4 is 51.0 Å². The van der Waals surface area contributed by atoms with Crippen molar-refractivity contribution in [3.05, 3.63) is 100 Å². The third kappa shape index (κ3) is 8.65. The molecule has 218 valence electrons. The van der Waals surface area contributed by atoms with Crippen molar-refractivity contribution in [1.82, 2.24) is 10.6 Å². The van der Waals surface area contributed by atoms with E-state index in [1.165, 1.54) is 11.3 Å². The lowest BCUT2D eigenvalue weighted by Gasteiger charge is -2.19. The molecule has 1 atom stereocenters. The molecule has 0 radical (unpaired) electrons. The summed E-state index contributed by atoms with van der Waals surface area (Å²) in [5.41, 5.74) is 3.11. The van der Waals surface area contributed by atoms with Crippen LogP contribution in [0.1, 0.15) is 45.6 Å². The fourth-order valence-corrected chi connectivity index (χ4v) is 5.34. The van der Waals surface area contributed by atoms with Gasteiger partial charge < -0.3 is 25.8 Å². The highest BCUT2D eigenvalue weighted by Crippen LogP contribution is 2.25. The summed E-state index contributed by atoms with van der Waals surface area (Å²) < 4.78 is 6.27. The van der Waals surface area contributed by atoms with Gasteiger partial charge in [0, 0.05) is 23.4 Å². The number of aryl methyl sites for hydroxylation is 2.